The van der Waals surface area contributed by atoms with E-state index in [1.807, 2.05) is 18.2 Å². The molecule has 0 bridgehead atoms. The van der Waals surface area contributed by atoms with Gasteiger partial charge in [0.05, 0.1) is 24.1 Å². The van der Waals surface area contributed by atoms with Gasteiger partial charge in [-0.2, -0.15) is 0 Å². The van der Waals surface area contributed by atoms with Gasteiger partial charge in [-0.1, -0.05) is 32.0 Å². The monoisotopic (exact) mass is 393 g/mol. The SMILES string of the molecule is CCOC(=O)C1(OC(=O)c2ccc3c(c2)C(C)(C)CCO3)C=c2ccccc2=N1. The van der Waals surface area contributed by atoms with Crippen LogP contribution in [0.25, 0.3) is 6.08 Å². The van der Waals surface area contributed by atoms with E-state index in [2.05, 4.69) is 18.8 Å². The third kappa shape index (κ3) is 3.39. The summed E-state index contributed by atoms with van der Waals surface area (Å²) in [5.74, 6) is -0.594. The van der Waals surface area contributed by atoms with Gasteiger partial charge in [0.1, 0.15) is 5.75 Å². The molecule has 0 saturated heterocycles. The van der Waals surface area contributed by atoms with Crippen LogP contribution in [-0.2, 0) is 19.7 Å². The molecule has 6 nitrogen and oxygen atoms in total. The van der Waals surface area contributed by atoms with Gasteiger partial charge in [-0.15, -0.1) is 0 Å². The first-order valence-corrected chi connectivity index (χ1v) is 9.70. The summed E-state index contributed by atoms with van der Waals surface area (Å²) >= 11 is 0. The van der Waals surface area contributed by atoms with E-state index in [0.29, 0.717) is 22.7 Å². The number of nitrogens with zero attached hydrogens (tertiary/aromatic N) is 1. The van der Waals surface area contributed by atoms with E-state index in [-0.39, 0.29) is 12.0 Å². The summed E-state index contributed by atoms with van der Waals surface area (Å²) in [4.78, 5) is 30.1. The maximum Gasteiger partial charge on any atom is 0.379 e. The zero-order valence-corrected chi connectivity index (χ0v) is 16.7. The molecule has 150 valence electrons. The summed E-state index contributed by atoms with van der Waals surface area (Å²) in [7, 11) is 0. The first-order chi connectivity index (χ1) is 13.8. The minimum atomic E-state index is -1.82. The number of fused-ring (bicyclic) bond motifs is 2. The molecule has 29 heavy (non-hydrogen) atoms. The fourth-order valence-corrected chi connectivity index (χ4v) is 3.63. The van der Waals surface area contributed by atoms with E-state index in [1.165, 1.54) is 6.08 Å². The highest BCUT2D eigenvalue weighted by atomic mass is 16.6. The van der Waals surface area contributed by atoms with Crippen molar-refractivity contribution in [2.75, 3.05) is 13.2 Å². The summed E-state index contributed by atoms with van der Waals surface area (Å²) in [6, 6.07) is 12.4. The Kier molecular flexibility index (Phi) is 4.65. The fraction of sp³-hybridized carbons (Fsp3) is 0.348. The standard InChI is InChI=1S/C23H23NO5/c1-4-27-21(26)23(14-16-7-5-6-8-18(16)24-23)29-20(25)15-9-10-19-17(13-15)22(2,3)11-12-28-19/h5-10,13-14H,4,11-12H2,1-3H3. The van der Waals surface area contributed by atoms with Crippen molar-refractivity contribution < 1.29 is 23.8 Å². The van der Waals surface area contributed by atoms with Gasteiger partial charge in [0.25, 0.3) is 0 Å². The Labute approximate surface area is 168 Å². The molecule has 0 saturated carbocycles. The van der Waals surface area contributed by atoms with E-state index < -0.39 is 17.7 Å². The van der Waals surface area contributed by atoms with Crippen molar-refractivity contribution >= 4 is 18.0 Å². The van der Waals surface area contributed by atoms with Crippen LogP contribution in [0, 0.1) is 0 Å². The Balaban J connectivity index is 1.70. The first-order valence-electron chi connectivity index (χ1n) is 9.70. The minimum Gasteiger partial charge on any atom is -0.493 e. The molecule has 2 aliphatic heterocycles. The van der Waals surface area contributed by atoms with Gasteiger partial charge in [0.2, 0.25) is 0 Å². The molecule has 0 spiro atoms. The van der Waals surface area contributed by atoms with Gasteiger partial charge in [0, 0.05) is 16.9 Å². The summed E-state index contributed by atoms with van der Waals surface area (Å²) in [5, 5.41) is 1.29. The number of hydrogen-bond acceptors (Lipinski definition) is 6. The van der Waals surface area contributed by atoms with Crippen LogP contribution in [0.2, 0.25) is 0 Å². The van der Waals surface area contributed by atoms with Crippen LogP contribution >= 0.6 is 0 Å². The van der Waals surface area contributed by atoms with E-state index in [1.54, 1.807) is 31.2 Å². The van der Waals surface area contributed by atoms with E-state index in [9.17, 15) is 9.59 Å². The topological polar surface area (TPSA) is 74.2 Å². The molecule has 6 heteroatoms. The van der Waals surface area contributed by atoms with Crippen molar-refractivity contribution in [3.63, 3.8) is 0 Å². The molecule has 2 aliphatic rings. The maximum atomic E-state index is 13.0. The van der Waals surface area contributed by atoms with E-state index >= 15 is 0 Å². The van der Waals surface area contributed by atoms with Crippen LogP contribution in [0.5, 0.6) is 5.75 Å². The fourth-order valence-electron chi connectivity index (χ4n) is 3.63. The molecule has 0 amide bonds. The second kappa shape index (κ2) is 7.03. The highest BCUT2D eigenvalue weighted by Gasteiger charge is 2.44. The molecule has 1 atom stereocenters. The van der Waals surface area contributed by atoms with Crippen molar-refractivity contribution in [1.82, 2.24) is 0 Å². The van der Waals surface area contributed by atoms with Gasteiger partial charge >= 0.3 is 17.7 Å². The number of benzene rings is 2. The van der Waals surface area contributed by atoms with Gasteiger partial charge in [0.15, 0.2) is 0 Å². The summed E-state index contributed by atoms with van der Waals surface area (Å²) in [6.45, 7) is 6.71. The molecule has 2 heterocycles. The quantitative estimate of drug-likeness (QED) is 0.745. The summed E-state index contributed by atoms with van der Waals surface area (Å²) < 4.78 is 16.5. The van der Waals surface area contributed by atoms with Crippen molar-refractivity contribution in [2.24, 2.45) is 4.99 Å². The van der Waals surface area contributed by atoms with Crippen molar-refractivity contribution in [1.29, 1.82) is 0 Å². The van der Waals surface area contributed by atoms with Crippen molar-refractivity contribution in [3.05, 3.63) is 64.2 Å². The number of hydrogen-bond donors (Lipinski definition) is 0. The third-order valence-electron chi connectivity index (χ3n) is 5.32. The lowest BCUT2D eigenvalue weighted by molar-refractivity contribution is -0.158. The van der Waals surface area contributed by atoms with Crippen LogP contribution in [0.4, 0.5) is 0 Å². The second-order valence-electron chi connectivity index (χ2n) is 7.81. The normalized spacial score (nSPS) is 20.9. The van der Waals surface area contributed by atoms with Crippen molar-refractivity contribution in [3.8, 4) is 5.75 Å². The van der Waals surface area contributed by atoms with E-state index in [0.717, 1.165) is 17.7 Å². The molecular formula is C23H23NO5. The van der Waals surface area contributed by atoms with E-state index in [4.69, 9.17) is 14.2 Å². The van der Waals surface area contributed by atoms with Crippen LogP contribution in [0.3, 0.4) is 0 Å². The molecule has 0 aromatic heterocycles. The summed E-state index contributed by atoms with van der Waals surface area (Å²) in [5.41, 5.74) is -0.661. The van der Waals surface area contributed by atoms with Crippen LogP contribution in [-0.4, -0.2) is 30.9 Å². The van der Waals surface area contributed by atoms with Gasteiger partial charge in [-0.25, -0.2) is 14.6 Å². The number of esters is 2. The second-order valence-corrected chi connectivity index (χ2v) is 7.81. The highest BCUT2D eigenvalue weighted by molar-refractivity contribution is 5.96. The Morgan fingerprint density at radius 1 is 1.17 bits per heavy atom. The maximum absolute atomic E-state index is 13.0. The molecule has 4 rings (SSSR count). The van der Waals surface area contributed by atoms with Crippen LogP contribution in [0.15, 0.2) is 47.5 Å². The molecule has 0 fully saturated rings. The molecule has 1 unspecified atom stereocenters. The molecule has 0 N–H and O–H groups in total. The van der Waals surface area contributed by atoms with Gasteiger partial charge in [-0.3, -0.25) is 0 Å². The Hall–Kier alpha value is -3.15. The third-order valence-corrected chi connectivity index (χ3v) is 5.32. The molecule has 2 aromatic rings. The average molecular weight is 393 g/mol. The number of para-hydroxylation sites is 1. The molecule has 0 radical (unpaired) electrons. The molecular weight excluding hydrogens is 370 g/mol. The van der Waals surface area contributed by atoms with Gasteiger partial charge < -0.3 is 14.2 Å². The minimum absolute atomic E-state index is 0.122. The van der Waals surface area contributed by atoms with Gasteiger partial charge in [-0.05, 0) is 43.0 Å². The number of carbonyl (C=O) groups excluding carboxylic acids is 2. The number of carbonyl (C=O) groups is 2. The zero-order valence-electron chi connectivity index (χ0n) is 16.7. The molecule has 0 aliphatic carbocycles. The lowest BCUT2D eigenvalue weighted by Crippen LogP contribution is -2.40. The largest absolute Gasteiger partial charge is 0.493 e. The number of ether oxygens (including phenoxy) is 3. The van der Waals surface area contributed by atoms with Crippen LogP contribution < -0.4 is 15.3 Å². The Bertz CT molecular complexity index is 1070. The predicted molar refractivity (Wildman–Crippen MR) is 106 cm³/mol. The highest BCUT2D eigenvalue weighted by Crippen LogP contribution is 2.39. The smallest absolute Gasteiger partial charge is 0.379 e. The lowest BCUT2D eigenvalue weighted by atomic mass is 9.79. The number of rotatable bonds is 4. The average Bonchev–Trinajstić information content (AvgIpc) is 3.07. The van der Waals surface area contributed by atoms with Crippen molar-refractivity contribution in [2.45, 2.75) is 38.3 Å². The zero-order chi connectivity index (χ0) is 20.6. The Morgan fingerprint density at radius 3 is 2.72 bits per heavy atom. The first kappa shape index (κ1) is 19.2. The summed E-state index contributed by atoms with van der Waals surface area (Å²) in [6.07, 6.45) is 2.38. The molecule has 2 aromatic carbocycles. The predicted octanol–water partition coefficient (Wildman–Crippen LogP) is 2.28. The van der Waals surface area contributed by atoms with Crippen LogP contribution in [0.1, 0.15) is 43.1 Å². The lowest BCUT2D eigenvalue weighted by Gasteiger charge is -2.32. The Morgan fingerprint density at radius 2 is 1.97 bits per heavy atom.